The molecule has 0 aliphatic rings. The van der Waals surface area contributed by atoms with Gasteiger partial charge in [-0.2, -0.15) is 0 Å². The first-order chi connectivity index (χ1) is 9.22. The predicted molar refractivity (Wildman–Crippen MR) is 84.0 cm³/mol. The molecule has 0 radical (unpaired) electrons. The highest BCUT2D eigenvalue weighted by molar-refractivity contribution is 9.09. The number of carbonyl (C=O) groups is 1. The van der Waals surface area contributed by atoms with Crippen LogP contribution in [-0.4, -0.2) is 29.9 Å². The molecule has 0 aromatic heterocycles. The zero-order chi connectivity index (χ0) is 13.7. The maximum atomic E-state index is 12.1. The van der Waals surface area contributed by atoms with Crippen molar-refractivity contribution in [3.05, 3.63) is 42.5 Å². The molecule has 0 aliphatic heterocycles. The fourth-order valence-corrected chi connectivity index (χ4v) is 2.19. The fourth-order valence-electron chi connectivity index (χ4n) is 1.94. The lowest BCUT2D eigenvalue weighted by atomic mass is 10.1. The Hall–Kier alpha value is -1.55. The van der Waals surface area contributed by atoms with E-state index < -0.39 is 0 Å². The third-order valence-electron chi connectivity index (χ3n) is 3.01. The van der Waals surface area contributed by atoms with Gasteiger partial charge in [0.1, 0.15) is 0 Å². The predicted octanol–water partition coefficient (Wildman–Crippen LogP) is 4.09. The molecule has 2 aromatic rings. The summed E-state index contributed by atoms with van der Waals surface area (Å²) in [4.78, 5) is 13.8. The van der Waals surface area contributed by atoms with Crippen LogP contribution in [0.2, 0.25) is 0 Å². The minimum atomic E-state index is -0.0719. The lowest BCUT2D eigenvalue weighted by Gasteiger charge is -2.18. The summed E-state index contributed by atoms with van der Waals surface area (Å²) in [6.07, 6.45) is 0.944. The fraction of sp³-hybridized carbons (Fsp3) is 0.267. The highest BCUT2D eigenvalue weighted by Crippen LogP contribution is 2.23. The molecular weight excluding hydrogens is 304 g/mol. The lowest BCUT2D eigenvalue weighted by Crippen LogP contribution is -2.32. The van der Waals surface area contributed by atoms with Gasteiger partial charge in [-0.15, -0.1) is 0 Å². The summed E-state index contributed by atoms with van der Waals surface area (Å²) in [5.74, 6) is 0. The van der Waals surface area contributed by atoms with Crippen molar-refractivity contribution in [2.24, 2.45) is 0 Å². The van der Waals surface area contributed by atoms with Gasteiger partial charge in [-0.1, -0.05) is 52.3 Å². The number of urea groups is 1. The van der Waals surface area contributed by atoms with Crippen molar-refractivity contribution >= 4 is 38.4 Å². The van der Waals surface area contributed by atoms with Gasteiger partial charge in [0.05, 0.1) is 5.69 Å². The maximum Gasteiger partial charge on any atom is 0.321 e. The molecule has 1 N–H and O–H groups in total. The van der Waals surface area contributed by atoms with E-state index in [2.05, 4.69) is 21.2 Å². The minimum Gasteiger partial charge on any atom is -0.328 e. The van der Waals surface area contributed by atoms with E-state index in [0.29, 0.717) is 0 Å². The molecule has 2 amide bonds. The molecular formula is C15H17BrN2O. The van der Waals surface area contributed by atoms with Gasteiger partial charge in [-0.05, 0) is 17.9 Å². The van der Waals surface area contributed by atoms with Crippen molar-refractivity contribution in [1.82, 2.24) is 4.90 Å². The Balaban J connectivity index is 2.15. The van der Waals surface area contributed by atoms with Crippen LogP contribution in [0.1, 0.15) is 6.42 Å². The van der Waals surface area contributed by atoms with Crippen LogP contribution in [0.5, 0.6) is 0 Å². The second-order valence-corrected chi connectivity index (χ2v) is 5.21. The third-order valence-corrected chi connectivity index (χ3v) is 3.57. The minimum absolute atomic E-state index is 0.0719. The normalized spacial score (nSPS) is 10.4. The number of carbonyl (C=O) groups excluding carboxylic acids is 1. The Kier molecular flexibility index (Phi) is 4.80. The van der Waals surface area contributed by atoms with Crippen LogP contribution in [0, 0.1) is 0 Å². The van der Waals surface area contributed by atoms with E-state index in [-0.39, 0.29) is 6.03 Å². The van der Waals surface area contributed by atoms with Gasteiger partial charge in [0.25, 0.3) is 0 Å². The average Bonchev–Trinajstić information content (AvgIpc) is 2.45. The molecule has 19 heavy (non-hydrogen) atoms. The molecule has 0 spiro atoms. The highest BCUT2D eigenvalue weighted by Gasteiger charge is 2.09. The summed E-state index contributed by atoms with van der Waals surface area (Å²) in [6, 6.07) is 13.9. The molecule has 0 unspecified atom stereocenters. The van der Waals surface area contributed by atoms with Crippen molar-refractivity contribution in [2.75, 3.05) is 24.2 Å². The standard InChI is InChI=1S/C15H17BrN2O/c1-18(11-5-10-16)15(19)17-14-9-4-7-12-6-2-3-8-13(12)14/h2-4,6-9H,5,10-11H2,1H3,(H,17,19). The van der Waals surface area contributed by atoms with E-state index in [0.717, 1.165) is 34.8 Å². The molecule has 0 bridgehead atoms. The van der Waals surface area contributed by atoms with Gasteiger partial charge in [0.15, 0.2) is 0 Å². The smallest absolute Gasteiger partial charge is 0.321 e. The SMILES string of the molecule is CN(CCCBr)C(=O)Nc1cccc2ccccc12. The van der Waals surface area contributed by atoms with Gasteiger partial charge in [0.2, 0.25) is 0 Å². The number of anilines is 1. The van der Waals surface area contributed by atoms with Crippen molar-refractivity contribution in [2.45, 2.75) is 6.42 Å². The number of benzene rings is 2. The lowest BCUT2D eigenvalue weighted by molar-refractivity contribution is 0.223. The Labute approximate surface area is 121 Å². The number of rotatable bonds is 4. The quantitative estimate of drug-likeness (QED) is 0.845. The zero-order valence-corrected chi connectivity index (χ0v) is 12.5. The summed E-state index contributed by atoms with van der Waals surface area (Å²) in [6.45, 7) is 0.738. The van der Waals surface area contributed by atoms with E-state index in [1.54, 1.807) is 4.90 Å². The topological polar surface area (TPSA) is 32.3 Å². The van der Waals surface area contributed by atoms with Crippen molar-refractivity contribution in [3.63, 3.8) is 0 Å². The van der Waals surface area contributed by atoms with Gasteiger partial charge in [0, 0.05) is 24.3 Å². The van der Waals surface area contributed by atoms with Crippen LogP contribution in [0.25, 0.3) is 10.8 Å². The Morgan fingerprint density at radius 1 is 1.21 bits per heavy atom. The number of alkyl halides is 1. The van der Waals surface area contributed by atoms with Gasteiger partial charge >= 0.3 is 6.03 Å². The number of nitrogens with zero attached hydrogens (tertiary/aromatic N) is 1. The number of halogens is 1. The second-order valence-electron chi connectivity index (χ2n) is 4.42. The first kappa shape index (κ1) is 13.9. The number of nitrogens with one attached hydrogen (secondary N) is 1. The summed E-state index contributed by atoms with van der Waals surface area (Å²) in [7, 11) is 1.81. The van der Waals surface area contributed by atoms with Crippen molar-refractivity contribution in [1.29, 1.82) is 0 Å². The van der Waals surface area contributed by atoms with Crippen LogP contribution in [0.3, 0.4) is 0 Å². The molecule has 2 rings (SSSR count). The molecule has 100 valence electrons. The largest absolute Gasteiger partial charge is 0.328 e. The van der Waals surface area contributed by atoms with E-state index in [1.807, 2.05) is 49.5 Å². The molecule has 2 aromatic carbocycles. The zero-order valence-electron chi connectivity index (χ0n) is 10.9. The number of hydrogen-bond donors (Lipinski definition) is 1. The molecule has 0 heterocycles. The molecule has 4 heteroatoms. The van der Waals surface area contributed by atoms with Crippen molar-refractivity contribution < 1.29 is 4.79 Å². The van der Waals surface area contributed by atoms with Crippen molar-refractivity contribution in [3.8, 4) is 0 Å². The van der Waals surface area contributed by atoms with Gasteiger partial charge in [-0.25, -0.2) is 4.79 Å². The van der Waals surface area contributed by atoms with Gasteiger partial charge in [-0.3, -0.25) is 0 Å². The molecule has 0 atom stereocenters. The van der Waals surface area contributed by atoms with Crippen LogP contribution >= 0.6 is 15.9 Å². The molecule has 0 fully saturated rings. The summed E-state index contributed by atoms with van der Waals surface area (Å²) in [5, 5.41) is 6.06. The number of fused-ring (bicyclic) bond motifs is 1. The first-order valence-corrected chi connectivity index (χ1v) is 7.40. The van der Waals surface area contributed by atoms with Crippen LogP contribution in [-0.2, 0) is 0 Å². The summed E-state index contributed by atoms with van der Waals surface area (Å²) in [5.41, 5.74) is 0.855. The van der Waals surface area contributed by atoms with Gasteiger partial charge < -0.3 is 10.2 Å². The van der Waals surface area contributed by atoms with Crippen LogP contribution in [0.4, 0.5) is 10.5 Å². The maximum absolute atomic E-state index is 12.1. The van der Waals surface area contributed by atoms with Crippen LogP contribution < -0.4 is 5.32 Å². The average molecular weight is 321 g/mol. The van der Waals surface area contributed by atoms with E-state index in [1.165, 1.54) is 0 Å². The first-order valence-electron chi connectivity index (χ1n) is 6.28. The Morgan fingerprint density at radius 3 is 2.74 bits per heavy atom. The summed E-state index contributed by atoms with van der Waals surface area (Å²) >= 11 is 3.37. The highest BCUT2D eigenvalue weighted by atomic mass is 79.9. The van der Waals surface area contributed by atoms with E-state index >= 15 is 0 Å². The third kappa shape index (κ3) is 3.47. The molecule has 0 aliphatic carbocycles. The Morgan fingerprint density at radius 2 is 1.95 bits per heavy atom. The van der Waals surface area contributed by atoms with Crippen LogP contribution in [0.15, 0.2) is 42.5 Å². The van der Waals surface area contributed by atoms with E-state index in [4.69, 9.17) is 0 Å². The Bertz CT molecular complexity index is 566. The molecule has 0 saturated carbocycles. The second kappa shape index (κ2) is 6.57. The summed E-state index contributed by atoms with van der Waals surface area (Å²) < 4.78 is 0. The number of amides is 2. The molecule has 3 nitrogen and oxygen atoms in total. The number of hydrogen-bond acceptors (Lipinski definition) is 1. The monoisotopic (exact) mass is 320 g/mol. The van der Waals surface area contributed by atoms with E-state index in [9.17, 15) is 4.79 Å². The molecule has 0 saturated heterocycles.